The molecule has 0 unspecified atom stereocenters. The summed E-state index contributed by atoms with van der Waals surface area (Å²) < 4.78 is 7.21. The maximum absolute atomic E-state index is 12.5. The zero-order valence-electron chi connectivity index (χ0n) is 14.5. The third-order valence-corrected chi connectivity index (χ3v) is 4.70. The van der Waals surface area contributed by atoms with E-state index in [1.165, 1.54) is 0 Å². The predicted octanol–water partition coefficient (Wildman–Crippen LogP) is 1.91. The molecule has 24 heavy (non-hydrogen) atoms. The summed E-state index contributed by atoms with van der Waals surface area (Å²) in [6, 6.07) is 3.83. The minimum absolute atomic E-state index is 0.0107. The second-order valence-corrected chi connectivity index (χ2v) is 6.32. The number of furan rings is 1. The van der Waals surface area contributed by atoms with E-state index in [1.54, 1.807) is 6.26 Å². The molecule has 2 amide bonds. The number of piperazine rings is 1. The molecule has 0 aliphatic carbocycles. The lowest BCUT2D eigenvalue weighted by molar-refractivity contribution is 0.128. The van der Waals surface area contributed by atoms with E-state index in [9.17, 15) is 4.79 Å². The molecule has 1 aliphatic heterocycles. The molecule has 0 bridgehead atoms. The summed E-state index contributed by atoms with van der Waals surface area (Å²) in [7, 11) is 1.91. The van der Waals surface area contributed by atoms with Crippen LogP contribution in [-0.4, -0.2) is 51.8 Å². The smallest absolute Gasteiger partial charge is 0.317 e. The SMILES string of the molecule is Cc1c([C@@H](C)NC(=O)N2CCN(Cc3ccco3)CC2)cnn1C. The number of aryl methyl sites for hydroxylation is 1. The van der Waals surface area contributed by atoms with Crippen LogP contribution in [0.4, 0.5) is 4.79 Å². The van der Waals surface area contributed by atoms with Gasteiger partial charge in [-0.05, 0) is 26.0 Å². The lowest BCUT2D eigenvalue weighted by atomic mass is 10.1. The molecule has 0 spiro atoms. The maximum atomic E-state index is 12.5. The number of nitrogens with zero attached hydrogens (tertiary/aromatic N) is 4. The monoisotopic (exact) mass is 331 g/mol. The Bertz CT molecular complexity index is 671. The molecule has 2 aromatic rings. The van der Waals surface area contributed by atoms with Crippen LogP contribution in [0.1, 0.15) is 30.0 Å². The molecule has 0 aromatic carbocycles. The fourth-order valence-corrected chi connectivity index (χ4v) is 3.03. The number of hydrogen-bond acceptors (Lipinski definition) is 4. The van der Waals surface area contributed by atoms with Crippen LogP contribution >= 0.6 is 0 Å². The average Bonchev–Trinajstić information content (AvgIpc) is 3.19. The van der Waals surface area contributed by atoms with Crippen molar-refractivity contribution in [2.24, 2.45) is 7.05 Å². The van der Waals surface area contributed by atoms with E-state index in [0.29, 0.717) is 0 Å². The Balaban J connectivity index is 1.49. The van der Waals surface area contributed by atoms with Crippen LogP contribution in [0.2, 0.25) is 0 Å². The first-order chi connectivity index (χ1) is 11.5. The quantitative estimate of drug-likeness (QED) is 0.929. The van der Waals surface area contributed by atoms with Crippen molar-refractivity contribution >= 4 is 6.03 Å². The Hall–Kier alpha value is -2.28. The Kier molecular flexibility index (Phi) is 4.89. The van der Waals surface area contributed by atoms with Gasteiger partial charge in [-0.2, -0.15) is 5.10 Å². The fourth-order valence-electron chi connectivity index (χ4n) is 3.03. The van der Waals surface area contributed by atoms with Crippen molar-refractivity contribution in [1.82, 2.24) is 24.9 Å². The Labute approximate surface area is 142 Å². The van der Waals surface area contributed by atoms with Crippen molar-refractivity contribution in [3.63, 3.8) is 0 Å². The predicted molar refractivity (Wildman–Crippen MR) is 90.4 cm³/mol. The number of carbonyl (C=O) groups excluding carboxylic acids is 1. The van der Waals surface area contributed by atoms with Crippen molar-refractivity contribution in [2.75, 3.05) is 26.2 Å². The second-order valence-electron chi connectivity index (χ2n) is 6.32. The van der Waals surface area contributed by atoms with Gasteiger partial charge in [0.15, 0.2) is 0 Å². The zero-order valence-corrected chi connectivity index (χ0v) is 14.5. The largest absolute Gasteiger partial charge is 0.468 e. The van der Waals surface area contributed by atoms with E-state index in [-0.39, 0.29) is 12.1 Å². The number of rotatable bonds is 4. The number of hydrogen-bond donors (Lipinski definition) is 1. The third-order valence-electron chi connectivity index (χ3n) is 4.70. The van der Waals surface area contributed by atoms with Crippen LogP contribution in [0.3, 0.4) is 0 Å². The highest BCUT2D eigenvalue weighted by Gasteiger charge is 2.23. The first kappa shape index (κ1) is 16.6. The normalized spacial score (nSPS) is 17.0. The zero-order chi connectivity index (χ0) is 17.1. The van der Waals surface area contributed by atoms with E-state index in [2.05, 4.69) is 15.3 Å². The molecule has 130 valence electrons. The van der Waals surface area contributed by atoms with Gasteiger partial charge in [-0.3, -0.25) is 9.58 Å². The van der Waals surface area contributed by atoms with Crippen molar-refractivity contribution in [1.29, 1.82) is 0 Å². The summed E-state index contributed by atoms with van der Waals surface area (Å²) in [6.45, 7) is 7.97. The maximum Gasteiger partial charge on any atom is 0.317 e. The third kappa shape index (κ3) is 3.62. The first-order valence-electron chi connectivity index (χ1n) is 8.33. The summed E-state index contributed by atoms with van der Waals surface area (Å²) >= 11 is 0. The molecule has 0 saturated carbocycles. The molecule has 1 fully saturated rings. The molecular weight excluding hydrogens is 306 g/mol. The number of carbonyl (C=O) groups is 1. The van der Waals surface area contributed by atoms with Crippen LogP contribution in [0, 0.1) is 6.92 Å². The molecular formula is C17H25N5O2. The molecule has 2 aromatic heterocycles. The number of urea groups is 1. The number of amides is 2. The highest BCUT2D eigenvalue weighted by atomic mass is 16.3. The van der Waals surface area contributed by atoms with Crippen LogP contribution in [0.25, 0.3) is 0 Å². The summed E-state index contributed by atoms with van der Waals surface area (Å²) in [5.41, 5.74) is 2.13. The standard InChI is InChI=1S/C17H25N5O2/c1-13(16-11-18-20(3)14(16)2)19-17(23)22-8-6-21(7-9-22)12-15-5-4-10-24-15/h4-5,10-11,13H,6-9,12H2,1-3H3,(H,19,23)/t13-/m1/s1. The molecule has 7 heteroatoms. The molecule has 1 aliphatic rings. The lowest BCUT2D eigenvalue weighted by Crippen LogP contribution is -2.51. The second kappa shape index (κ2) is 7.09. The van der Waals surface area contributed by atoms with Gasteiger partial charge in [-0.15, -0.1) is 0 Å². The Morgan fingerprint density at radius 2 is 2.12 bits per heavy atom. The molecule has 1 N–H and O–H groups in total. The van der Waals surface area contributed by atoms with Gasteiger partial charge in [0.05, 0.1) is 25.0 Å². The minimum atomic E-state index is -0.0488. The molecule has 1 atom stereocenters. The molecule has 3 rings (SSSR count). The fraction of sp³-hybridized carbons (Fsp3) is 0.529. The Morgan fingerprint density at radius 1 is 1.38 bits per heavy atom. The number of nitrogens with one attached hydrogen (secondary N) is 1. The average molecular weight is 331 g/mol. The van der Waals surface area contributed by atoms with Crippen molar-refractivity contribution in [3.8, 4) is 0 Å². The van der Waals surface area contributed by atoms with Crippen LogP contribution < -0.4 is 5.32 Å². The molecule has 0 radical (unpaired) electrons. The van der Waals surface area contributed by atoms with Crippen LogP contribution in [-0.2, 0) is 13.6 Å². The van der Waals surface area contributed by atoms with E-state index >= 15 is 0 Å². The van der Waals surface area contributed by atoms with E-state index in [1.807, 2.05) is 48.8 Å². The highest BCUT2D eigenvalue weighted by molar-refractivity contribution is 5.74. The van der Waals surface area contributed by atoms with Gasteiger partial charge in [-0.1, -0.05) is 0 Å². The van der Waals surface area contributed by atoms with Gasteiger partial charge in [0.2, 0.25) is 0 Å². The summed E-state index contributed by atoms with van der Waals surface area (Å²) in [5.74, 6) is 0.966. The van der Waals surface area contributed by atoms with Crippen molar-refractivity contribution in [3.05, 3.63) is 41.6 Å². The first-order valence-corrected chi connectivity index (χ1v) is 8.33. The van der Waals surface area contributed by atoms with E-state index in [0.717, 1.165) is 49.7 Å². The van der Waals surface area contributed by atoms with Crippen molar-refractivity contribution in [2.45, 2.75) is 26.4 Å². The molecule has 1 saturated heterocycles. The van der Waals surface area contributed by atoms with E-state index in [4.69, 9.17) is 4.42 Å². The number of aromatic nitrogens is 2. The van der Waals surface area contributed by atoms with Gasteiger partial charge in [0.1, 0.15) is 5.76 Å². The van der Waals surface area contributed by atoms with Gasteiger partial charge in [0, 0.05) is 44.5 Å². The van der Waals surface area contributed by atoms with Gasteiger partial charge in [-0.25, -0.2) is 4.79 Å². The minimum Gasteiger partial charge on any atom is -0.468 e. The van der Waals surface area contributed by atoms with Crippen LogP contribution in [0.5, 0.6) is 0 Å². The summed E-state index contributed by atoms with van der Waals surface area (Å²) in [4.78, 5) is 16.7. The summed E-state index contributed by atoms with van der Waals surface area (Å²) in [6.07, 6.45) is 3.52. The highest BCUT2D eigenvalue weighted by Crippen LogP contribution is 2.17. The topological polar surface area (TPSA) is 66.5 Å². The lowest BCUT2D eigenvalue weighted by Gasteiger charge is -2.34. The van der Waals surface area contributed by atoms with E-state index < -0.39 is 0 Å². The van der Waals surface area contributed by atoms with Gasteiger partial charge < -0.3 is 14.6 Å². The van der Waals surface area contributed by atoms with Gasteiger partial charge >= 0.3 is 6.03 Å². The van der Waals surface area contributed by atoms with Crippen LogP contribution in [0.15, 0.2) is 29.0 Å². The Morgan fingerprint density at radius 3 is 2.71 bits per heavy atom. The van der Waals surface area contributed by atoms with Gasteiger partial charge in [0.25, 0.3) is 0 Å². The van der Waals surface area contributed by atoms with Crippen molar-refractivity contribution < 1.29 is 9.21 Å². The molecule has 3 heterocycles. The molecule has 7 nitrogen and oxygen atoms in total. The summed E-state index contributed by atoms with van der Waals surface area (Å²) in [5, 5.41) is 7.32.